The maximum atomic E-state index is 13.7. The van der Waals surface area contributed by atoms with E-state index in [0.717, 1.165) is 141 Å². The molecule has 0 saturated carbocycles. The first-order valence-corrected chi connectivity index (χ1v) is 59.5. The molecule has 2 unspecified atom stereocenters. The van der Waals surface area contributed by atoms with E-state index in [-0.39, 0.29) is 82.5 Å². The molecule has 0 bridgehead atoms. The number of carbonyl (C=O) groups is 11. The van der Waals surface area contributed by atoms with E-state index in [2.05, 4.69) is 83.1 Å². The van der Waals surface area contributed by atoms with Crippen LogP contribution >= 0.6 is 0 Å². The molecule has 2 rings (SSSR count). The van der Waals surface area contributed by atoms with Crippen LogP contribution in [0.2, 0.25) is 0 Å². The second-order valence-corrected chi connectivity index (χ2v) is 43.9. The normalized spacial score (nSPS) is 16.7. The van der Waals surface area contributed by atoms with Crippen molar-refractivity contribution in [3.8, 4) is 0 Å². The molecule has 2 aliphatic heterocycles. The highest BCUT2D eigenvalue weighted by atomic mass is 16.8. The fraction of sp³-hybridized carbons (Fsp3) is 0.908. The smallest absolute Gasteiger partial charge is 0.308 e. The van der Waals surface area contributed by atoms with Gasteiger partial charge in [-0.2, -0.15) is 0 Å². The Bertz CT molecular complexity index is 3170. The molecule has 0 aromatic carbocycles. The van der Waals surface area contributed by atoms with Crippen LogP contribution in [-0.4, -0.2) is 199 Å². The Balaban J connectivity index is 0.00000170. The lowest BCUT2D eigenvalue weighted by Crippen LogP contribution is -2.42. The number of ether oxygens (including phenoxy) is 13. The number of carbonyl (C=O) groups excluding carboxylic acids is 11. The van der Waals surface area contributed by atoms with Gasteiger partial charge >= 0.3 is 65.7 Å². The molecule has 0 aromatic heterocycles. The summed E-state index contributed by atoms with van der Waals surface area (Å²) >= 11 is 0. The molecule has 2 heterocycles. The molecule has 0 radical (unpaired) electrons. The summed E-state index contributed by atoms with van der Waals surface area (Å²) in [6, 6.07) is 0. The standard InChI is InChI=1S/C77H141NO15.C42H77NO9/c1-9-15-30-43-64(44-31-16-10-2)56-60-86-68(79)49-36-24-21-27-39-52-72(83)91-75-67(63-89-71(82)55-42-59-78(7)8)90-77(93-74(85)54-41-29-23-26-38-51-70(81)88-62-58-66(47-34-19-13-5)48-35-20-14-6)76(75)92-73(84)53-40-28-22-25-37-50-69(80)87-61-57-65(45-32-17-11-3)46-33-18-12-4;1-32(2)23-16-11-9-13-19-26-37(45)50-40-35(31-48-36(44)29-22-30-43(7)8)49-42(52-39(47)28-21-15-18-25-34(5)6)41(40)51-38(46)27-20-14-10-12-17-24-33(3)4/h64-67,75-77H,9-63H2,1-8H3;32-35,40-42H,9-31H2,1-8H3/t67-,75?,76+,77+;35-,40?,41+,42+/m11/s1. The number of esters is 11. The van der Waals surface area contributed by atoms with Crippen LogP contribution < -0.4 is 0 Å². The van der Waals surface area contributed by atoms with E-state index < -0.39 is 97.0 Å². The third-order valence-electron chi connectivity index (χ3n) is 27.8. The van der Waals surface area contributed by atoms with Crippen molar-refractivity contribution in [2.24, 2.45) is 35.5 Å². The Labute approximate surface area is 883 Å². The zero-order valence-electron chi connectivity index (χ0n) is 95.4. The Hall–Kier alpha value is -5.99. The van der Waals surface area contributed by atoms with Crippen LogP contribution in [0.3, 0.4) is 0 Å². The molecule has 848 valence electrons. The largest absolute Gasteiger partial charge is 0.466 e. The van der Waals surface area contributed by atoms with Gasteiger partial charge in [0.25, 0.3) is 0 Å². The lowest BCUT2D eigenvalue weighted by Gasteiger charge is -2.24. The van der Waals surface area contributed by atoms with Crippen LogP contribution in [0.25, 0.3) is 0 Å². The lowest BCUT2D eigenvalue weighted by molar-refractivity contribution is -0.200. The van der Waals surface area contributed by atoms with Crippen LogP contribution in [0, 0.1) is 35.5 Å². The molecule has 145 heavy (non-hydrogen) atoms. The van der Waals surface area contributed by atoms with Gasteiger partial charge in [0.2, 0.25) is 24.8 Å². The van der Waals surface area contributed by atoms with Crippen molar-refractivity contribution in [3.05, 3.63) is 0 Å². The minimum absolute atomic E-state index is 0.0515. The monoisotopic (exact) mass is 2060 g/mol. The highest BCUT2D eigenvalue weighted by molar-refractivity contribution is 5.74. The third kappa shape index (κ3) is 80.6. The van der Waals surface area contributed by atoms with Gasteiger partial charge in [0.15, 0.2) is 12.2 Å². The van der Waals surface area contributed by atoms with E-state index in [0.29, 0.717) is 152 Å². The number of rotatable bonds is 97. The first-order valence-electron chi connectivity index (χ1n) is 59.5. The SMILES string of the molecule is CC(C)CCCCCCCC(=O)OC1[C@@H](COC(=O)CCCN(C)C)O[C@@H](OC(=O)CCCCCC(C)C)[C@H]1OC(=O)CCCCCCCC(C)C.CCCCCC(CCCCC)CCOC(=O)CCCCCCCC(=O)OC1[C@@H](COC(=O)CCCN(C)C)O[C@@H](OC(=O)CCCCCCCC(=O)OCCC(CCCCC)CCCCC)[C@H]1OC(=O)CCCCCCCC(=O)OCCC(CCCCC)CCCCC. The molecule has 0 aromatic rings. The van der Waals surface area contributed by atoms with Gasteiger partial charge in [0.05, 0.1) is 19.8 Å². The van der Waals surface area contributed by atoms with Crippen molar-refractivity contribution >= 4 is 65.7 Å². The fourth-order valence-corrected chi connectivity index (χ4v) is 18.7. The topological polar surface area (TPSA) is 314 Å². The summed E-state index contributed by atoms with van der Waals surface area (Å²) in [4.78, 5) is 148. The summed E-state index contributed by atoms with van der Waals surface area (Å²) in [5.74, 6) is -0.644. The van der Waals surface area contributed by atoms with Crippen molar-refractivity contribution in [2.45, 2.75) is 588 Å². The van der Waals surface area contributed by atoms with Crippen molar-refractivity contribution in [1.29, 1.82) is 0 Å². The molecule has 0 amide bonds. The Morgan fingerprint density at radius 1 is 0.207 bits per heavy atom. The van der Waals surface area contributed by atoms with E-state index in [1.54, 1.807) is 0 Å². The van der Waals surface area contributed by atoms with Gasteiger partial charge in [0.1, 0.15) is 25.4 Å². The first-order chi connectivity index (χ1) is 70.0. The quantitative estimate of drug-likeness (QED) is 0.0310. The molecule has 26 nitrogen and oxygen atoms in total. The predicted octanol–water partition coefficient (Wildman–Crippen LogP) is 28.6. The maximum Gasteiger partial charge on any atom is 0.308 e. The lowest BCUT2D eigenvalue weighted by atomic mass is 9.92. The molecular formula is C119H218N2O24. The number of hydrogen-bond donors (Lipinski definition) is 0. The molecule has 8 atom stereocenters. The predicted molar refractivity (Wildman–Crippen MR) is 578 cm³/mol. The summed E-state index contributed by atoms with van der Waals surface area (Å²) in [7, 11) is 7.71. The van der Waals surface area contributed by atoms with Crippen LogP contribution in [-0.2, 0) is 114 Å². The van der Waals surface area contributed by atoms with Crippen molar-refractivity contribution < 1.29 is 114 Å². The minimum Gasteiger partial charge on any atom is -0.466 e. The summed E-state index contributed by atoms with van der Waals surface area (Å²) in [6.07, 6.45) is 52.5. The third-order valence-corrected chi connectivity index (χ3v) is 27.8. The van der Waals surface area contributed by atoms with Crippen LogP contribution in [0.1, 0.15) is 539 Å². The maximum absolute atomic E-state index is 13.7. The Morgan fingerprint density at radius 3 is 0.621 bits per heavy atom. The Kier molecular flexibility index (Phi) is 88.8. The van der Waals surface area contributed by atoms with Crippen molar-refractivity contribution in [3.63, 3.8) is 0 Å². The summed E-state index contributed by atoms with van der Waals surface area (Å²) in [5, 5.41) is 0. The van der Waals surface area contributed by atoms with E-state index in [4.69, 9.17) is 61.6 Å². The van der Waals surface area contributed by atoms with Gasteiger partial charge in [-0.05, 0) is 167 Å². The van der Waals surface area contributed by atoms with E-state index in [1.807, 2.05) is 38.0 Å². The Morgan fingerprint density at radius 2 is 0.393 bits per heavy atom. The second-order valence-electron chi connectivity index (χ2n) is 43.9. The highest BCUT2D eigenvalue weighted by Gasteiger charge is 2.54. The van der Waals surface area contributed by atoms with E-state index in [9.17, 15) is 52.7 Å². The van der Waals surface area contributed by atoms with E-state index >= 15 is 0 Å². The van der Waals surface area contributed by atoms with Gasteiger partial charge in [0, 0.05) is 70.6 Å². The molecule has 0 aliphatic carbocycles. The number of unbranched alkanes of at least 4 members (excludes halogenated alkanes) is 34. The molecular weight excluding hydrogens is 1840 g/mol. The van der Waals surface area contributed by atoms with Gasteiger partial charge in [-0.3, -0.25) is 52.7 Å². The number of hydrogen-bond acceptors (Lipinski definition) is 26. The van der Waals surface area contributed by atoms with Crippen LogP contribution in [0.4, 0.5) is 0 Å². The average Bonchev–Trinajstić information content (AvgIpc) is 1.66. The molecule has 2 saturated heterocycles. The van der Waals surface area contributed by atoms with Crippen molar-refractivity contribution in [2.75, 3.05) is 74.3 Å². The molecule has 2 aliphatic rings. The molecule has 0 spiro atoms. The molecule has 26 heteroatoms. The fourth-order valence-electron chi connectivity index (χ4n) is 18.7. The van der Waals surface area contributed by atoms with E-state index in [1.165, 1.54) is 180 Å². The van der Waals surface area contributed by atoms with Crippen molar-refractivity contribution in [1.82, 2.24) is 9.80 Å². The number of nitrogens with zero attached hydrogens (tertiary/aromatic N) is 2. The zero-order chi connectivity index (χ0) is 107. The highest BCUT2D eigenvalue weighted by Crippen LogP contribution is 2.35. The van der Waals surface area contributed by atoms with Crippen LogP contribution in [0.15, 0.2) is 0 Å². The molecule has 2 fully saturated rings. The van der Waals surface area contributed by atoms with Gasteiger partial charge in [-0.25, -0.2) is 0 Å². The van der Waals surface area contributed by atoms with Crippen LogP contribution in [0.5, 0.6) is 0 Å². The average molecular weight is 2060 g/mol. The van der Waals surface area contributed by atoms with Gasteiger partial charge in [-0.1, -0.05) is 378 Å². The van der Waals surface area contributed by atoms with Gasteiger partial charge < -0.3 is 71.4 Å². The minimum atomic E-state index is -1.43. The van der Waals surface area contributed by atoms with Gasteiger partial charge in [-0.15, -0.1) is 0 Å². The second kappa shape index (κ2) is 94.0. The zero-order valence-corrected chi connectivity index (χ0v) is 95.4. The summed E-state index contributed by atoms with van der Waals surface area (Å²) < 4.78 is 76.2. The summed E-state index contributed by atoms with van der Waals surface area (Å²) in [5.41, 5.74) is 0. The summed E-state index contributed by atoms with van der Waals surface area (Å²) in [6.45, 7) is 28.9. The first kappa shape index (κ1) is 137. The molecule has 0 N–H and O–H groups in total.